The summed E-state index contributed by atoms with van der Waals surface area (Å²) < 4.78 is 2.12. The first-order chi connectivity index (χ1) is 5.40. The second kappa shape index (κ2) is 2.42. The minimum atomic E-state index is 1.11. The molecule has 0 atom stereocenters. The monoisotopic (exact) mass is 145 g/mol. The van der Waals surface area contributed by atoms with Crippen molar-refractivity contribution in [1.82, 2.24) is 4.40 Å². The molecule has 1 heteroatoms. The minimum absolute atomic E-state index is 1.11. The lowest BCUT2D eigenvalue weighted by Gasteiger charge is -1.97. The highest BCUT2D eigenvalue weighted by Crippen LogP contribution is 2.07. The molecule has 56 valence electrons. The smallest absolute Gasteiger partial charge is 0.0452 e. The van der Waals surface area contributed by atoms with Gasteiger partial charge >= 0.3 is 0 Å². The Labute approximate surface area is 66.3 Å². The van der Waals surface area contributed by atoms with Gasteiger partial charge < -0.3 is 4.40 Å². The Balaban J connectivity index is 2.67. The van der Waals surface area contributed by atoms with Crippen LogP contribution in [0.25, 0.3) is 5.52 Å². The van der Waals surface area contributed by atoms with E-state index in [0.29, 0.717) is 0 Å². The molecule has 2 aromatic rings. The van der Waals surface area contributed by atoms with E-state index in [-0.39, 0.29) is 0 Å². The van der Waals surface area contributed by atoms with Crippen LogP contribution in [0.15, 0.2) is 36.7 Å². The third-order valence-electron chi connectivity index (χ3n) is 2.00. The number of hydrogen-bond acceptors (Lipinski definition) is 0. The van der Waals surface area contributed by atoms with Crippen molar-refractivity contribution >= 4 is 5.52 Å². The molecule has 0 saturated carbocycles. The number of fused-ring (bicyclic) bond motifs is 1. The van der Waals surface area contributed by atoms with Crippen molar-refractivity contribution in [2.75, 3.05) is 0 Å². The summed E-state index contributed by atoms with van der Waals surface area (Å²) in [5.74, 6) is 0. The molecule has 0 saturated heterocycles. The van der Waals surface area contributed by atoms with Crippen molar-refractivity contribution < 1.29 is 0 Å². The molecule has 0 spiro atoms. The molecular formula is C10H11N. The largest absolute Gasteiger partial charge is 0.324 e. The van der Waals surface area contributed by atoms with E-state index in [0.717, 1.165) is 6.42 Å². The van der Waals surface area contributed by atoms with E-state index in [1.165, 1.54) is 11.1 Å². The molecule has 0 fully saturated rings. The Hall–Kier alpha value is -1.24. The normalized spacial score (nSPS) is 10.6. The highest BCUT2D eigenvalue weighted by Gasteiger charge is 1.91. The number of aromatic nitrogens is 1. The van der Waals surface area contributed by atoms with Gasteiger partial charge in [0, 0.05) is 17.9 Å². The zero-order valence-electron chi connectivity index (χ0n) is 6.62. The van der Waals surface area contributed by atoms with E-state index in [1.54, 1.807) is 0 Å². The first kappa shape index (κ1) is 6.47. The molecule has 2 rings (SSSR count). The van der Waals surface area contributed by atoms with Crippen molar-refractivity contribution in [3.05, 3.63) is 42.2 Å². The average molecular weight is 145 g/mol. The van der Waals surface area contributed by atoms with E-state index in [9.17, 15) is 0 Å². The van der Waals surface area contributed by atoms with Gasteiger partial charge in [0.15, 0.2) is 0 Å². The van der Waals surface area contributed by atoms with E-state index in [4.69, 9.17) is 0 Å². The maximum absolute atomic E-state index is 2.22. The molecule has 2 heterocycles. The third-order valence-corrected chi connectivity index (χ3v) is 2.00. The summed E-state index contributed by atoms with van der Waals surface area (Å²) >= 11 is 0. The molecule has 0 N–H and O–H groups in total. The summed E-state index contributed by atoms with van der Waals surface area (Å²) in [6.07, 6.45) is 5.28. The summed E-state index contributed by atoms with van der Waals surface area (Å²) in [4.78, 5) is 0. The van der Waals surface area contributed by atoms with E-state index >= 15 is 0 Å². The van der Waals surface area contributed by atoms with Crippen molar-refractivity contribution in [2.45, 2.75) is 13.3 Å². The molecule has 1 nitrogen and oxygen atoms in total. The average Bonchev–Trinajstić information content (AvgIpc) is 2.50. The molecule has 0 aliphatic rings. The number of pyridine rings is 1. The number of rotatable bonds is 1. The van der Waals surface area contributed by atoms with Crippen LogP contribution in [0, 0.1) is 0 Å². The zero-order valence-corrected chi connectivity index (χ0v) is 6.62. The van der Waals surface area contributed by atoms with Crippen LogP contribution in [0.4, 0.5) is 0 Å². The number of aryl methyl sites for hydroxylation is 1. The Bertz CT molecular complexity index is 360. The highest BCUT2D eigenvalue weighted by atomic mass is 14.8. The first-order valence-electron chi connectivity index (χ1n) is 3.96. The first-order valence-corrected chi connectivity index (χ1v) is 3.96. The van der Waals surface area contributed by atoms with Crippen LogP contribution in [-0.2, 0) is 6.42 Å². The molecule has 0 amide bonds. The fourth-order valence-electron chi connectivity index (χ4n) is 1.30. The predicted octanol–water partition coefficient (Wildman–Crippen LogP) is 2.50. The van der Waals surface area contributed by atoms with Crippen LogP contribution < -0.4 is 0 Å². The molecule has 0 radical (unpaired) electrons. The summed E-state index contributed by atoms with van der Waals surface area (Å²) in [5, 5.41) is 0. The lowest BCUT2D eigenvalue weighted by Crippen LogP contribution is -1.84. The standard InChI is InChI=1S/C10H11N/c1-2-9-5-7-11-6-3-4-10(11)8-9/h3-8H,2H2,1H3. The molecule has 2 aromatic heterocycles. The van der Waals surface area contributed by atoms with Crippen molar-refractivity contribution in [3.8, 4) is 0 Å². The summed E-state index contributed by atoms with van der Waals surface area (Å²) in [5.41, 5.74) is 2.68. The van der Waals surface area contributed by atoms with Crippen molar-refractivity contribution in [3.63, 3.8) is 0 Å². The molecule has 0 aliphatic carbocycles. The molecule has 0 unspecified atom stereocenters. The highest BCUT2D eigenvalue weighted by molar-refractivity contribution is 5.49. The van der Waals surface area contributed by atoms with E-state index in [1.807, 2.05) is 0 Å². The van der Waals surface area contributed by atoms with Gasteiger partial charge in [-0.3, -0.25) is 0 Å². The van der Waals surface area contributed by atoms with Gasteiger partial charge in [0.2, 0.25) is 0 Å². The quantitative estimate of drug-likeness (QED) is 0.580. The maximum atomic E-state index is 2.22. The van der Waals surface area contributed by atoms with Crippen LogP contribution in [0.3, 0.4) is 0 Å². The van der Waals surface area contributed by atoms with Gasteiger partial charge in [0.05, 0.1) is 0 Å². The SMILES string of the molecule is CCc1ccn2cccc2c1. The summed E-state index contributed by atoms with van der Waals surface area (Å²) in [7, 11) is 0. The van der Waals surface area contributed by atoms with Crippen molar-refractivity contribution in [2.24, 2.45) is 0 Å². The summed E-state index contributed by atoms with van der Waals surface area (Å²) in [6, 6.07) is 8.57. The second-order valence-electron chi connectivity index (χ2n) is 2.73. The molecule has 0 aromatic carbocycles. The van der Waals surface area contributed by atoms with Gasteiger partial charge in [-0.05, 0) is 36.2 Å². The van der Waals surface area contributed by atoms with Crippen LogP contribution in [0.5, 0.6) is 0 Å². The van der Waals surface area contributed by atoms with Crippen LogP contribution in [0.2, 0.25) is 0 Å². The topological polar surface area (TPSA) is 4.41 Å². The number of nitrogens with zero attached hydrogens (tertiary/aromatic N) is 1. The van der Waals surface area contributed by atoms with Gasteiger partial charge in [-0.2, -0.15) is 0 Å². The molecule has 0 bridgehead atoms. The van der Waals surface area contributed by atoms with Crippen LogP contribution >= 0.6 is 0 Å². The molecule has 0 aliphatic heterocycles. The Morgan fingerprint density at radius 3 is 3.00 bits per heavy atom. The van der Waals surface area contributed by atoms with Gasteiger partial charge in [-0.25, -0.2) is 0 Å². The Morgan fingerprint density at radius 1 is 1.27 bits per heavy atom. The molecular weight excluding hydrogens is 134 g/mol. The third kappa shape index (κ3) is 1.03. The van der Waals surface area contributed by atoms with Gasteiger partial charge in [-0.15, -0.1) is 0 Å². The zero-order chi connectivity index (χ0) is 7.68. The Morgan fingerprint density at radius 2 is 2.18 bits per heavy atom. The Kier molecular flexibility index (Phi) is 1.42. The fourth-order valence-corrected chi connectivity index (χ4v) is 1.30. The molecule has 11 heavy (non-hydrogen) atoms. The van der Waals surface area contributed by atoms with Crippen LogP contribution in [0.1, 0.15) is 12.5 Å². The summed E-state index contributed by atoms with van der Waals surface area (Å²) in [6.45, 7) is 2.18. The fraction of sp³-hybridized carbons (Fsp3) is 0.200. The van der Waals surface area contributed by atoms with Gasteiger partial charge in [0.25, 0.3) is 0 Å². The van der Waals surface area contributed by atoms with Crippen molar-refractivity contribution in [1.29, 1.82) is 0 Å². The second-order valence-corrected chi connectivity index (χ2v) is 2.73. The minimum Gasteiger partial charge on any atom is -0.324 e. The van der Waals surface area contributed by atoms with E-state index in [2.05, 4.69) is 48.0 Å². The maximum Gasteiger partial charge on any atom is 0.0452 e. The van der Waals surface area contributed by atoms with Gasteiger partial charge in [-0.1, -0.05) is 6.92 Å². The predicted molar refractivity (Wildman–Crippen MR) is 46.8 cm³/mol. The lowest BCUT2D eigenvalue weighted by molar-refractivity contribution is 1.10. The van der Waals surface area contributed by atoms with E-state index < -0.39 is 0 Å². The lowest BCUT2D eigenvalue weighted by atomic mass is 10.2. The number of hydrogen-bond donors (Lipinski definition) is 0. The van der Waals surface area contributed by atoms with Crippen LogP contribution in [-0.4, -0.2) is 4.40 Å². The van der Waals surface area contributed by atoms with Gasteiger partial charge in [0.1, 0.15) is 0 Å².